The molecule has 2 N–H and O–H groups in total. The third-order valence-electron chi connectivity index (χ3n) is 2.78. The van der Waals surface area contributed by atoms with Crippen LogP contribution in [-0.4, -0.2) is 15.0 Å². The first kappa shape index (κ1) is 15.3. The number of nitrogens with one attached hydrogen (secondary N) is 2. The van der Waals surface area contributed by atoms with Gasteiger partial charge in [-0.05, 0) is 30.7 Å². The monoisotopic (exact) mass is 306 g/mol. The van der Waals surface area contributed by atoms with E-state index in [0.717, 1.165) is 5.56 Å². The smallest absolute Gasteiger partial charge is 0.299 e. The highest BCUT2D eigenvalue weighted by atomic mass is 32.2. The first-order valence-electron chi connectivity index (χ1n) is 6.62. The lowest BCUT2D eigenvalue weighted by Gasteiger charge is -2.14. The van der Waals surface area contributed by atoms with E-state index in [1.807, 2.05) is 31.2 Å². The zero-order valence-corrected chi connectivity index (χ0v) is 12.8. The molecule has 5 nitrogen and oxygen atoms in total. The maximum atomic E-state index is 11.8. The van der Waals surface area contributed by atoms with Crippen molar-refractivity contribution in [3.05, 3.63) is 54.1 Å². The second-order valence-electron chi connectivity index (χ2n) is 4.47. The molecular weight excluding hydrogens is 288 g/mol. The Labute approximate surface area is 125 Å². The highest BCUT2D eigenvalue weighted by molar-refractivity contribution is 7.90. The number of anilines is 1. The summed E-state index contributed by atoms with van der Waals surface area (Å²) < 4.78 is 34.2. The zero-order chi connectivity index (χ0) is 15.3. The summed E-state index contributed by atoms with van der Waals surface area (Å²) in [6.07, 6.45) is 0. The fourth-order valence-corrected chi connectivity index (χ4v) is 2.71. The maximum Gasteiger partial charge on any atom is 0.299 e. The summed E-state index contributed by atoms with van der Waals surface area (Å²) in [6, 6.07) is 14.5. The second-order valence-corrected chi connectivity index (χ2v) is 5.97. The molecule has 0 saturated carbocycles. The van der Waals surface area contributed by atoms with Gasteiger partial charge in [-0.25, -0.2) is 0 Å². The van der Waals surface area contributed by atoms with E-state index in [2.05, 4.69) is 9.44 Å². The van der Waals surface area contributed by atoms with Crippen molar-refractivity contribution < 1.29 is 13.2 Å². The Morgan fingerprint density at radius 3 is 2.29 bits per heavy atom. The summed E-state index contributed by atoms with van der Waals surface area (Å²) in [5.74, 6) is 1.14. The molecule has 0 aromatic heterocycles. The Kier molecular flexibility index (Phi) is 4.82. The Balaban J connectivity index is 2.28. The topological polar surface area (TPSA) is 67.4 Å². The van der Waals surface area contributed by atoms with E-state index in [4.69, 9.17) is 4.74 Å². The molecule has 112 valence electrons. The van der Waals surface area contributed by atoms with Crippen LogP contribution in [0.3, 0.4) is 0 Å². The van der Waals surface area contributed by atoms with Gasteiger partial charge in [-0.15, -0.1) is 0 Å². The number of aryl methyl sites for hydroxylation is 1. The highest BCUT2D eigenvalue weighted by Crippen LogP contribution is 2.31. The van der Waals surface area contributed by atoms with Gasteiger partial charge in [0.15, 0.2) is 5.75 Å². The fraction of sp³-hybridized carbons (Fsp3) is 0.200. The number of hydrogen-bond donors (Lipinski definition) is 2. The van der Waals surface area contributed by atoms with Crippen LogP contribution in [-0.2, 0) is 10.2 Å². The molecular formula is C15H18N2O3S. The highest BCUT2D eigenvalue weighted by Gasteiger charge is 2.12. The van der Waals surface area contributed by atoms with Crippen LogP contribution < -0.4 is 14.2 Å². The van der Waals surface area contributed by atoms with Crippen LogP contribution in [0.15, 0.2) is 48.5 Å². The molecule has 0 atom stereocenters. The number of ether oxygens (including phenoxy) is 1. The lowest BCUT2D eigenvalue weighted by Crippen LogP contribution is -2.29. The van der Waals surface area contributed by atoms with Gasteiger partial charge in [-0.1, -0.05) is 37.3 Å². The Hall–Kier alpha value is -2.05. The van der Waals surface area contributed by atoms with Gasteiger partial charge in [-0.2, -0.15) is 13.1 Å². The summed E-state index contributed by atoms with van der Waals surface area (Å²) >= 11 is 0. The van der Waals surface area contributed by atoms with E-state index in [1.165, 1.54) is 0 Å². The van der Waals surface area contributed by atoms with Gasteiger partial charge in [0.2, 0.25) is 0 Å². The summed E-state index contributed by atoms with van der Waals surface area (Å²) in [7, 11) is -3.59. The Morgan fingerprint density at radius 2 is 1.62 bits per heavy atom. The molecule has 0 fully saturated rings. The van der Waals surface area contributed by atoms with Crippen LogP contribution in [0.1, 0.15) is 12.5 Å². The maximum absolute atomic E-state index is 11.8. The number of rotatable bonds is 6. The van der Waals surface area contributed by atoms with E-state index < -0.39 is 10.2 Å². The predicted molar refractivity (Wildman–Crippen MR) is 83.9 cm³/mol. The molecule has 0 amide bonds. The van der Waals surface area contributed by atoms with Crippen molar-refractivity contribution in [2.75, 3.05) is 11.3 Å². The fourth-order valence-electron chi connectivity index (χ4n) is 1.80. The SMILES string of the molecule is CCNS(=O)(=O)Nc1ccccc1Oc1ccccc1C. The molecule has 0 aliphatic heterocycles. The number of benzene rings is 2. The molecule has 0 heterocycles. The van der Waals surface area contributed by atoms with Crippen molar-refractivity contribution in [1.29, 1.82) is 0 Å². The van der Waals surface area contributed by atoms with Gasteiger partial charge in [0.25, 0.3) is 10.2 Å². The van der Waals surface area contributed by atoms with Gasteiger partial charge >= 0.3 is 0 Å². The first-order valence-corrected chi connectivity index (χ1v) is 8.10. The average Bonchev–Trinajstić information content (AvgIpc) is 2.43. The minimum Gasteiger partial charge on any atom is -0.455 e. The predicted octanol–water partition coefficient (Wildman–Crippen LogP) is 3.05. The number of para-hydroxylation sites is 3. The van der Waals surface area contributed by atoms with E-state index in [1.54, 1.807) is 31.2 Å². The molecule has 2 rings (SSSR count). The second kappa shape index (κ2) is 6.60. The molecule has 21 heavy (non-hydrogen) atoms. The molecule has 2 aromatic carbocycles. The van der Waals surface area contributed by atoms with Crippen LogP contribution >= 0.6 is 0 Å². The molecule has 0 radical (unpaired) electrons. The lowest BCUT2D eigenvalue weighted by molar-refractivity contribution is 0.481. The summed E-state index contributed by atoms with van der Waals surface area (Å²) in [6.45, 7) is 3.96. The van der Waals surface area contributed by atoms with Crippen LogP contribution in [0.5, 0.6) is 11.5 Å². The molecule has 0 aliphatic carbocycles. The minimum absolute atomic E-state index is 0.316. The van der Waals surface area contributed by atoms with Crippen molar-refractivity contribution >= 4 is 15.9 Å². The van der Waals surface area contributed by atoms with E-state index in [0.29, 0.717) is 23.7 Å². The van der Waals surface area contributed by atoms with Crippen LogP contribution in [0, 0.1) is 6.92 Å². The number of hydrogen-bond acceptors (Lipinski definition) is 3. The Bertz CT molecular complexity index is 714. The van der Waals surface area contributed by atoms with Gasteiger partial charge in [-0.3, -0.25) is 4.72 Å². The molecule has 0 aliphatic rings. The van der Waals surface area contributed by atoms with Crippen molar-refractivity contribution in [2.24, 2.45) is 0 Å². The molecule has 0 saturated heterocycles. The van der Waals surface area contributed by atoms with Crippen LogP contribution in [0.4, 0.5) is 5.69 Å². The quantitative estimate of drug-likeness (QED) is 0.862. The summed E-state index contributed by atoms with van der Waals surface area (Å²) in [5, 5.41) is 0. The van der Waals surface area contributed by atoms with Crippen molar-refractivity contribution in [3.8, 4) is 11.5 Å². The third-order valence-corrected chi connectivity index (χ3v) is 3.94. The molecule has 0 bridgehead atoms. The van der Waals surface area contributed by atoms with E-state index >= 15 is 0 Å². The van der Waals surface area contributed by atoms with Crippen LogP contribution in [0.25, 0.3) is 0 Å². The van der Waals surface area contributed by atoms with Crippen LogP contribution in [0.2, 0.25) is 0 Å². The average molecular weight is 306 g/mol. The largest absolute Gasteiger partial charge is 0.455 e. The molecule has 2 aromatic rings. The van der Waals surface area contributed by atoms with Crippen molar-refractivity contribution in [1.82, 2.24) is 4.72 Å². The lowest BCUT2D eigenvalue weighted by atomic mass is 10.2. The van der Waals surface area contributed by atoms with Crippen molar-refractivity contribution in [3.63, 3.8) is 0 Å². The molecule has 0 spiro atoms. The standard InChI is InChI=1S/C15H18N2O3S/c1-3-16-21(18,19)17-13-9-5-7-11-15(13)20-14-10-6-4-8-12(14)2/h4-11,16-17H,3H2,1-2H3. The zero-order valence-electron chi connectivity index (χ0n) is 12.0. The minimum atomic E-state index is -3.59. The van der Waals surface area contributed by atoms with Gasteiger partial charge < -0.3 is 4.74 Å². The van der Waals surface area contributed by atoms with Gasteiger partial charge in [0.1, 0.15) is 5.75 Å². The molecule has 6 heteroatoms. The van der Waals surface area contributed by atoms with Gasteiger partial charge in [0.05, 0.1) is 5.69 Å². The van der Waals surface area contributed by atoms with E-state index in [-0.39, 0.29) is 0 Å². The van der Waals surface area contributed by atoms with E-state index in [9.17, 15) is 8.42 Å². The molecule has 0 unspecified atom stereocenters. The van der Waals surface area contributed by atoms with Gasteiger partial charge in [0, 0.05) is 6.54 Å². The third kappa shape index (κ3) is 4.21. The first-order chi connectivity index (χ1) is 10.0. The Morgan fingerprint density at radius 1 is 1.00 bits per heavy atom. The normalized spacial score (nSPS) is 11.1. The van der Waals surface area contributed by atoms with Crippen molar-refractivity contribution in [2.45, 2.75) is 13.8 Å². The summed E-state index contributed by atoms with van der Waals surface area (Å²) in [5.41, 5.74) is 1.36. The summed E-state index contributed by atoms with van der Waals surface area (Å²) in [4.78, 5) is 0.